The fourth-order valence-corrected chi connectivity index (χ4v) is 2.01. The number of para-hydroxylation sites is 1. The molecule has 3 rings (SSSR count). The molecule has 0 aliphatic heterocycles. The Morgan fingerprint density at radius 3 is 2.39 bits per heavy atom. The highest BCUT2D eigenvalue weighted by Gasteiger charge is 2.11. The Hall–Kier alpha value is -3.28. The SMILES string of the molecule is CC(=O)Nc1nc(/N=C/c2ccccc2)n(-c2ccccc2)n1. The number of aliphatic imine (C=N–C) groups is 1. The van der Waals surface area contributed by atoms with Crippen LogP contribution in [0.5, 0.6) is 0 Å². The summed E-state index contributed by atoms with van der Waals surface area (Å²) in [5.74, 6) is 0.388. The van der Waals surface area contributed by atoms with E-state index in [1.54, 1.807) is 10.9 Å². The zero-order valence-electron chi connectivity index (χ0n) is 12.5. The Labute approximate surface area is 133 Å². The molecule has 0 saturated carbocycles. The first-order valence-electron chi connectivity index (χ1n) is 7.11. The second kappa shape index (κ2) is 6.65. The first-order valence-corrected chi connectivity index (χ1v) is 7.11. The Morgan fingerprint density at radius 1 is 1.09 bits per heavy atom. The predicted octanol–water partition coefficient (Wildman–Crippen LogP) is 2.98. The molecular formula is C17H15N5O. The van der Waals surface area contributed by atoms with Gasteiger partial charge in [-0.15, -0.1) is 5.10 Å². The van der Waals surface area contributed by atoms with E-state index in [1.807, 2.05) is 60.7 Å². The van der Waals surface area contributed by atoms with E-state index in [0.717, 1.165) is 11.3 Å². The van der Waals surface area contributed by atoms with E-state index >= 15 is 0 Å². The van der Waals surface area contributed by atoms with Crippen LogP contribution in [0.25, 0.3) is 5.69 Å². The third kappa shape index (κ3) is 3.68. The van der Waals surface area contributed by atoms with Crippen LogP contribution in [-0.2, 0) is 4.79 Å². The third-order valence-electron chi connectivity index (χ3n) is 3.01. The number of hydrogen-bond acceptors (Lipinski definition) is 4. The average molecular weight is 305 g/mol. The Morgan fingerprint density at radius 2 is 1.74 bits per heavy atom. The number of nitrogens with one attached hydrogen (secondary N) is 1. The summed E-state index contributed by atoms with van der Waals surface area (Å²) in [6.07, 6.45) is 1.71. The molecule has 1 N–H and O–H groups in total. The first-order chi connectivity index (χ1) is 11.2. The molecular weight excluding hydrogens is 290 g/mol. The van der Waals surface area contributed by atoms with Crippen molar-refractivity contribution in [3.8, 4) is 5.69 Å². The zero-order valence-corrected chi connectivity index (χ0v) is 12.5. The van der Waals surface area contributed by atoms with Gasteiger partial charge in [0.05, 0.1) is 5.69 Å². The maximum absolute atomic E-state index is 11.2. The summed E-state index contributed by atoms with van der Waals surface area (Å²) < 4.78 is 1.59. The fraction of sp³-hybridized carbons (Fsp3) is 0.0588. The van der Waals surface area contributed by atoms with Gasteiger partial charge in [-0.25, -0.2) is 4.99 Å². The predicted molar refractivity (Wildman–Crippen MR) is 89.4 cm³/mol. The van der Waals surface area contributed by atoms with Crippen molar-refractivity contribution in [3.63, 3.8) is 0 Å². The van der Waals surface area contributed by atoms with Crippen LogP contribution in [-0.4, -0.2) is 26.9 Å². The van der Waals surface area contributed by atoms with E-state index in [4.69, 9.17) is 0 Å². The van der Waals surface area contributed by atoms with Crippen molar-refractivity contribution >= 4 is 24.0 Å². The molecule has 0 spiro atoms. The smallest absolute Gasteiger partial charge is 0.254 e. The molecule has 0 bridgehead atoms. The van der Waals surface area contributed by atoms with Gasteiger partial charge in [0, 0.05) is 13.1 Å². The highest BCUT2D eigenvalue weighted by atomic mass is 16.1. The van der Waals surface area contributed by atoms with Crippen LogP contribution in [0.2, 0.25) is 0 Å². The number of amides is 1. The molecule has 1 aromatic heterocycles. The van der Waals surface area contributed by atoms with Crippen molar-refractivity contribution < 1.29 is 4.79 Å². The topological polar surface area (TPSA) is 72.2 Å². The molecule has 23 heavy (non-hydrogen) atoms. The van der Waals surface area contributed by atoms with Crippen molar-refractivity contribution in [3.05, 3.63) is 66.2 Å². The largest absolute Gasteiger partial charge is 0.293 e. The first kappa shape index (κ1) is 14.6. The van der Waals surface area contributed by atoms with E-state index in [0.29, 0.717) is 5.95 Å². The summed E-state index contributed by atoms with van der Waals surface area (Å²) in [4.78, 5) is 19.9. The number of rotatable bonds is 4. The van der Waals surface area contributed by atoms with E-state index in [9.17, 15) is 4.79 Å². The number of carbonyl (C=O) groups excluding carboxylic acids is 1. The lowest BCUT2D eigenvalue weighted by Crippen LogP contribution is -2.07. The molecule has 6 nitrogen and oxygen atoms in total. The second-order valence-corrected chi connectivity index (χ2v) is 4.83. The molecule has 2 aromatic carbocycles. The molecule has 0 unspecified atom stereocenters. The summed E-state index contributed by atoms with van der Waals surface area (Å²) >= 11 is 0. The molecule has 0 aliphatic rings. The summed E-state index contributed by atoms with van der Waals surface area (Å²) in [5, 5.41) is 6.87. The van der Waals surface area contributed by atoms with Gasteiger partial charge in [-0.1, -0.05) is 48.5 Å². The van der Waals surface area contributed by atoms with Gasteiger partial charge in [0.2, 0.25) is 5.91 Å². The van der Waals surface area contributed by atoms with Gasteiger partial charge in [-0.2, -0.15) is 9.67 Å². The summed E-state index contributed by atoms with van der Waals surface area (Å²) in [6.45, 7) is 1.41. The normalized spacial score (nSPS) is 10.8. The standard InChI is InChI=1S/C17H15N5O/c1-13(23)19-16-20-17(18-12-14-8-4-2-5-9-14)22(21-16)15-10-6-3-7-11-15/h2-12H,1H3,(H,19,21,23)/b18-12+. The lowest BCUT2D eigenvalue weighted by atomic mass is 10.2. The van der Waals surface area contributed by atoms with E-state index < -0.39 is 0 Å². The highest BCUT2D eigenvalue weighted by Crippen LogP contribution is 2.18. The van der Waals surface area contributed by atoms with Crippen LogP contribution >= 0.6 is 0 Å². The molecule has 114 valence electrons. The monoisotopic (exact) mass is 305 g/mol. The van der Waals surface area contributed by atoms with Gasteiger partial charge in [0.15, 0.2) is 0 Å². The van der Waals surface area contributed by atoms with E-state index in [-0.39, 0.29) is 11.9 Å². The van der Waals surface area contributed by atoms with Crippen LogP contribution in [0.3, 0.4) is 0 Å². The zero-order chi connectivity index (χ0) is 16.1. The fourth-order valence-electron chi connectivity index (χ4n) is 2.01. The van der Waals surface area contributed by atoms with Crippen molar-refractivity contribution in [1.82, 2.24) is 14.8 Å². The quantitative estimate of drug-likeness (QED) is 0.753. The van der Waals surface area contributed by atoms with Crippen LogP contribution in [0, 0.1) is 0 Å². The molecule has 0 radical (unpaired) electrons. The molecule has 6 heteroatoms. The molecule has 0 saturated heterocycles. The molecule has 1 amide bonds. The van der Waals surface area contributed by atoms with Gasteiger partial charge in [-0.3, -0.25) is 10.1 Å². The van der Waals surface area contributed by atoms with Crippen LogP contribution in [0.4, 0.5) is 11.9 Å². The minimum absolute atomic E-state index is 0.224. The molecule has 0 fully saturated rings. The van der Waals surface area contributed by atoms with Crippen LogP contribution in [0.1, 0.15) is 12.5 Å². The van der Waals surface area contributed by atoms with E-state index in [1.165, 1.54) is 6.92 Å². The van der Waals surface area contributed by atoms with Gasteiger partial charge in [0.25, 0.3) is 11.9 Å². The maximum atomic E-state index is 11.2. The highest BCUT2D eigenvalue weighted by molar-refractivity contribution is 5.87. The summed E-state index contributed by atoms with van der Waals surface area (Å²) in [6, 6.07) is 19.2. The lowest BCUT2D eigenvalue weighted by Gasteiger charge is -2.01. The number of hydrogen-bond donors (Lipinski definition) is 1. The number of carbonyl (C=O) groups is 1. The second-order valence-electron chi connectivity index (χ2n) is 4.83. The Balaban J connectivity index is 1.98. The number of benzene rings is 2. The minimum atomic E-state index is -0.228. The number of aromatic nitrogens is 3. The van der Waals surface area contributed by atoms with Crippen LogP contribution < -0.4 is 5.32 Å². The average Bonchev–Trinajstić information content (AvgIpc) is 2.97. The van der Waals surface area contributed by atoms with E-state index in [2.05, 4.69) is 20.4 Å². The maximum Gasteiger partial charge on any atom is 0.254 e. The van der Waals surface area contributed by atoms with Gasteiger partial charge >= 0.3 is 0 Å². The lowest BCUT2D eigenvalue weighted by molar-refractivity contribution is -0.114. The molecule has 3 aromatic rings. The third-order valence-corrected chi connectivity index (χ3v) is 3.01. The summed E-state index contributed by atoms with van der Waals surface area (Å²) in [7, 11) is 0. The summed E-state index contributed by atoms with van der Waals surface area (Å²) in [5.41, 5.74) is 1.77. The van der Waals surface area contributed by atoms with Crippen LogP contribution in [0.15, 0.2) is 65.7 Å². The molecule has 0 aliphatic carbocycles. The van der Waals surface area contributed by atoms with Gasteiger partial charge < -0.3 is 0 Å². The minimum Gasteiger partial charge on any atom is -0.293 e. The number of anilines is 1. The molecule has 0 atom stereocenters. The van der Waals surface area contributed by atoms with Crippen molar-refractivity contribution in [2.24, 2.45) is 4.99 Å². The molecule has 1 heterocycles. The van der Waals surface area contributed by atoms with Crippen molar-refractivity contribution in [1.29, 1.82) is 0 Å². The van der Waals surface area contributed by atoms with Gasteiger partial charge in [0.1, 0.15) is 0 Å². The Bertz CT molecular complexity index is 825. The number of nitrogens with zero attached hydrogens (tertiary/aromatic N) is 4. The van der Waals surface area contributed by atoms with Gasteiger partial charge in [-0.05, 0) is 17.7 Å². The Kier molecular flexibility index (Phi) is 4.24. The van der Waals surface area contributed by atoms with Crippen molar-refractivity contribution in [2.75, 3.05) is 5.32 Å². The van der Waals surface area contributed by atoms with Crippen molar-refractivity contribution in [2.45, 2.75) is 6.92 Å².